The van der Waals surface area contributed by atoms with Crippen molar-refractivity contribution >= 4 is 33.2 Å². The van der Waals surface area contributed by atoms with Crippen molar-refractivity contribution < 1.29 is 44.3 Å². The van der Waals surface area contributed by atoms with Crippen molar-refractivity contribution in [1.82, 2.24) is 4.31 Å². The minimum Gasteiger partial charge on any atom is -0.492 e. The number of ether oxygens (including phenoxy) is 1. The number of carbonyl (C=O) groups is 1. The molecule has 0 spiro atoms. The molecule has 3 rings (SSSR count). The molecule has 6 nitrogen and oxygen atoms in total. The summed E-state index contributed by atoms with van der Waals surface area (Å²) in [4.78, 5) is 12.5. The van der Waals surface area contributed by atoms with Crippen molar-refractivity contribution in [2.75, 3.05) is 25.0 Å². The number of hydrogen-bond donors (Lipinski definition) is 1. The van der Waals surface area contributed by atoms with Crippen LogP contribution in [0.2, 0.25) is 5.02 Å². The maximum atomic E-state index is 13.1. The SMILES string of the molecule is CCOc1ccc(S(=O)(=O)N2CCC(C(=O)Nc3cc(C(F)(F)F)cc(C(F)(F)F)c3)CC2)cc1Cl. The van der Waals surface area contributed by atoms with E-state index in [1.54, 1.807) is 6.92 Å². The molecule has 36 heavy (non-hydrogen) atoms. The highest BCUT2D eigenvalue weighted by atomic mass is 35.5. The van der Waals surface area contributed by atoms with Crippen LogP contribution in [-0.4, -0.2) is 38.3 Å². The zero-order chi connectivity index (χ0) is 26.9. The number of piperidine rings is 1. The van der Waals surface area contributed by atoms with E-state index in [1.165, 1.54) is 18.2 Å². The number of hydrogen-bond acceptors (Lipinski definition) is 4. The number of sulfonamides is 1. The van der Waals surface area contributed by atoms with Crippen LogP contribution in [0.5, 0.6) is 5.75 Å². The minimum absolute atomic E-state index is 0.0148. The number of alkyl halides is 6. The highest BCUT2D eigenvalue weighted by Crippen LogP contribution is 2.38. The Kier molecular flexibility index (Phi) is 8.16. The predicted molar refractivity (Wildman–Crippen MR) is 119 cm³/mol. The summed E-state index contributed by atoms with van der Waals surface area (Å²) in [5.74, 6) is -1.30. The smallest absolute Gasteiger partial charge is 0.416 e. The van der Waals surface area contributed by atoms with Gasteiger partial charge in [0.1, 0.15) is 5.75 Å². The van der Waals surface area contributed by atoms with E-state index in [4.69, 9.17) is 16.3 Å². The first kappa shape index (κ1) is 28.1. The van der Waals surface area contributed by atoms with Gasteiger partial charge >= 0.3 is 12.4 Å². The number of anilines is 1. The van der Waals surface area contributed by atoms with Gasteiger partial charge in [0.2, 0.25) is 15.9 Å². The lowest BCUT2D eigenvalue weighted by Gasteiger charge is -2.30. The first-order chi connectivity index (χ1) is 16.6. The molecule has 14 heteroatoms. The van der Waals surface area contributed by atoms with E-state index >= 15 is 0 Å². The van der Waals surface area contributed by atoms with Crippen LogP contribution < -0.4 is 10.1 Å². The Morgan fingerprint density at radius 3 is 2.06 bits per heavy atom. The third-order valence-corrected chi connectivity index (χ3v) is 7.71. The number of nitrogens with one attached hydrogen (secondary N) is 1. The van der Waals surface area contributed by atoms with Gasteiger partial charge in [0.15, 0.2) is 0 Å². The van der Waals surface area contributed by atoms with E-state index in [1.807, 2.05) is 0 Å². The lowest BCUT2D eigenvalue weighted by molar-refractivity contribution is -0.143. The van der Waals surface area contributed by atoms with Crippen molar-refractivity contribution in [2.24, 2.45) is 5.92 Å². The maximum Gasteiger partial charge on any atom is 0.416 e. The van der Waals surface area contributed by atoms with Gasteiger partial charge in [-0.25, -0.2) is 8.42 Å². The Hall–Kier alpha value is -2.51. The summed E-state index contributed by atoms with van der Waals surface area (Å²) in [6.45, 7) is 1.91. The van der Waals surface area contributed by atoms with E-state index in [9.17, 15) is 39.6 Å². The number of carbonyl (C=O) groups excluding carboxylic acids is 1. The number of rotatable bonds is 6. The normalized spacial score (nSPS) is 16.1. The molecule has 0 unspecified atom stereocenters. The van der Waals surface area contributed by atoms with Gasteiger partial charge in [0, 0.05) is 24.7 Å². The first-order valence-corrected chi connectivity index (χ1v) is 12.5. The van der Waals surface area contributed by atoms with Crippen molar-refractivity contribution in [3.05, 3.63) is 52.5 Å². The molecular weight excluding hydrogens is 538 g/mol. The van der Waals surface area contributed by atoms with Gasteiger partial charge in [-0.1, -0.05) is 11.6 Å². The van der Waals surface area contributed by atoms with Crippen LogP contribution in [0, 0.1) is 5.92 Å². The molecular formula is C22H21ClF6N2O4S. The molecule has 0 radical (unpaired) electrons. The fraction of sp³-hybridized carbons (Fsp3) is 0.409. The fourth-order valence-electron chi connectivity index (χ4n) is 3.69. The summed E-state index contributed by atoms with van der Waals surface area (Å²) in [6.07, 6.45) is -10.1. The zero-order valence-electron chi connectivity index (χ0n) is 18.7. The Morgan fingerprint density at radius 1 is 1.03 bits per heavy atom. The van der Waals surface area contributed by atoms with Gasteiger partial charge in [-0.2, -0.15) is 30.6 Å². The minimum atomic E-state index is -5.05. The molecule has 0 aliphatic carbocycles. The number of amides is 1. The number of nitrogens with zero attached hydrogens (tertiary/aromatic N) is 1. The topological polar surface area (TPSA) is 75.7 Å². The van der Waals surface area contributed by atoms with Crippen molar-refractivity contribution in [3.63, 3.8) is 0 Å². The molecule has 1 heterocycles. The van der Waals surface area contributed by atoms with Crippen LogP contribution in [0.1, 0.15) is 30.9 Å². The standard InChI is InChI=1S/C22H21ClF6N2O4S/c1-2-35-19-4-3-17(12-18(19)23)36(33,34)31-7-5-13(6-8-31)20(32)30-16-10-14(21(24,25)26)9-15(11-16)22(27,28)29/h3-4,9-13H,2,5-8H2,1H3,(H,30,32). The monoisotopic (exact) mass is 558 g/mol. The number of halogens is 7. The average Bonchev–Trinajstić information content (AvgIpc) is 2.79. The van der Waals surface area contributed by atoms with E-state index < -0.39 is 51.0 Å². The Morgan fingerprint density at radius 2 is 1.58 bits per heavy atom. The Balaban J connectivity index is 1.70. The highest BCUT2D eigenvalue weighted by Gasteiger charge is 2.38. The molecule has 1 aliphatic rings. The third kappa shape index (κ3) is 6.43. The quantitative estimate of drug-likeness (QED) is 0.454. The second-order valence-electron chi connectivity index (χ2n) is 7.99. The van der Waals surface area contributed by atoms with Crippen molar-refractivity contribution in [3.8, 4) is 5.75 Å². The molecule has 0 atom stereocenters. The second-order valence-corrected chi connectivity index (χ2v) is 10.3. The summed E-state index contributed by atoms with van der Waals surface area (Å²) >= 11 is 6.07. The lowest BCUT2D eigenvalue weighted by atomic mass is 9.97. The second kappa shape index (κ2) is 10.5. The van der Waals surface area contributed by atoms with Crippen LogP contribution in [0.15, 0.2) is 41.3 Å². The summed E-state index contributed by atoms with van der Waals surface area (Å²) in [5.41, 5.74) is -3.76. The van der Waals surface area contributed by atoms with Gasteiger partial charge in [-0.05, 0) is 56.2 Å². The number of benzene rings is 2. The van der Waals surface area contributed by atoms with Crippen LogP contribution in [0.4, 0.5) is 32.0 Å². The van der Waals surface area contributed by atoms with E-state index in [-0.39, 0.29) is 41.9 Å². The van der Waals surface area contributed by atoms with Gasteiger partial charge in [-0.3, -0.25) is 4.79 Å². The summed E-state index contributed by atoms with van der Waals surface area (Å²) in [6, 6.07) is 4.80. The van der Waals surface area contributed by atoms with Crippen LogP contribution in [0.3, 0.4) is 0 Å². The Bertz CT molecular complexity index is 1190. The molecule has 2 aromatic carbocycles. The fourth-order valence-corrected chi connectivity index (χ4v) is 5.49. The molecule has 2 aromatic rings. The summed E-state index contributed by atoms with van der Waals surface area (Å²) in [7, 11) is -3.96. The molecule has 1 amide bonds. The van der Waals surface area contributed by atoms with Gasteiger partial charge in [-0.15, -0.1) is 0 Å². The van der Waals surface area contributed by atoms with Gasteiger partial charge in [0.05, 0.1) is 27.7 Å². The highest BCUT2D eigenvalue weighted by molar-refractivity contribution is 7.89. The molecule has 1 fully saturated rings. The van der Waals surface area contributed by atoms with Crippen LogP contribution in [-0.2, 0) is 27.2 Å². The molecule has 0 saturated carbocycles. The lowest BCUT2D eigenvalue weighted by Crippen LogP contribution is -2.41. The van der Waals surface area contributed by atoms with Gasteiger partial charge < -0.3 is 10.1 Å². The zero-order valence-corrected chi connectivity index (χ0v) is 20.3. The van der Waals surface area contributed by atoms with E-state index in [2.05, 4.69) is 5.32 Å². The van der Waals surface area contributed by atoms with E-state index in [0.29, 0.717) is 24.5 Å². The predicted octanol–water partition coefficient (Wildman–Crippen LogP) is 5.82. The van der Waals surface area contributed by atoms with E-state index in [0.717, 1.165) is 4.31 Å². The molecule has 0 bridgehead atoms. The molecule has 1 N–H and O–H groups in total. The molecule has 1 aliphatic heterocycles. The summed E-state index contributed by atoms with van der Waals surface area (Å²) in [5, 5.41) is 2.21. The maximum absolute atomic E-state index is 13.1. The van der Waals surface area contributed by atoms with Crippen molar-refractivity contribution in [2.45, 2.75) is 37.0 Å². The molecule has 1 saturated heterocycles. The van der Waals surface area contributed by atoms with Crippen LogP contribution >= 0.6 is 11.6 Å². The first-order valence-electron chi connectivity index (χ1n) is 10.7. The molecule has 198 valence electrons. The average molecular weight is 559 g/mol. The molecule has 0 aromatic heterocycles. The van der Waals surface area contributed by atoms with Gasteiger partial charge in [0.25, 0.3) is 0 Å². The third-order valence-electron chi connectivity index (χ3n) is 5.52. The Labute approximate surface area is 208 Å². The largest absolute Gasteiger partial charge is 0.492 e. The van der Waals surface area contributed by atoms with Crippen molar-refractivity contribution in [1.29, 1.82) is 0 Å². The van der Waals surface area contributed by atoms with Crippen LogP contribution in [0.25, 0.3) is 0 Å². The summed E-state index contributed by atoms with van der Waals surface area (Å²) < 4.78 is 111.